The average Bonchev–Trinajstić information content (AvgIpc) is 2.69. The molecule has 1 atom stereocenters. The second-order valence-corrected chi connectivity index (χ2v) is 5.80. The van der Waals surface area contributed by atoms with Crippen LogP contribution >= 0.6 is 0 Å². The molecule has 124 valence electrons. The summed E-state index contributed by atoms with van der Waals surface area (Å²) in [6, 6.07) is 25.2. The van der Waals surface area contributed by atoms with E-state index in [-0.39, 0.29) is 12.5 Å². The number of fused-ring (bicyclic) bond motifs is 1. The Morgan fingerprint density at radius 2 is 1.44 bits per heavy atom. The predicted octanol–water partition coefficient (Wildman–Crippen LogP) is 4.13. The van der Waals surface area contributed by atoms with Crippen LogP contribution in [0.3, 0.4) is 0 Å². The van der Waals surface area contributed by atoms with Crippen LogP contribution in [0.4, 0.5) is 5.69 Å². The van der Waals surface area contributed by atoms with Crippen molar-refractivity contribution >= 4 is 11.6 Å². The summed E-state index contributed by atoms with van der Waals surface area (Å²) < 4.78 is 11.3. The largest absolute Gasteiger partial charge is 0.485 e. The molecule has 0 saturated carbocycles. The minimum atomic E-state index is -0.663. The minimum Gasteiger partial charge on any atom is -0.485 e. The van der Waals surface area contributed by atoms with Gasteiger partial charge in [0.1, 0.15) is 6.61 Å². The number of nitrogens with one attached hydrogen (secondary N) is 1. The van der Waals surface area contributed by atoms with Crippen LogP contribution in [0.2, 0.25) is 0 Å². The van der Waals surface area contributed by atoms with Gasteiger partial charge < -0.3 is 14.8 Å². The average molecular weight is 331 g/mol. The molecule has 4 nitrogen and oxygen atoms in total. The minimum absolute atomic E-state index is 0.199. The standard InChI is InChI=1S/C21H17NO3/c23-21(20-14-24-18-8-4-5-9-19(18)25-20)22-17-12-10-16(11-13-17)15-6-2-1-3-7-15/h1-13,20H,14H2,(H,22,23)/t20-/m1/s1. The van der Waals surface area contributed by atoms with Crippen molar-refractivity contribution in [2.24, 2.45) is 0 Å². The Kier molecular flexibility index (Phi) is 4.09. The molecule has 1 N–H and O–H groups in total. The molecule has 0 fully saturated rings. The zero-order valence-electron chi connectivity index (χ0n) is 13.5. The number of ether oxygens (including phenoxy) is 2. The smallest absolute Gasteiger partial charge is 0.269 e. The van der Waals surface area contributed by atoms with Gasteiger partial charge in [-0.1, -0.05) is 54.6 Å². The van der Waals surface area contributed by atoms with E-state index in [9.17, 15) is 4.79 Å². The van der Waals surface area contributed by atoms with Crippen LogP contribution in [-0.2, 0) is 4.79 Å². The molecule has 4 rings (SSSR count). The van der Waals surface area contributed by atoms with Crippen LogP contribution < -0.4 is 14.8 Å². The molecule has 3 aromatic carbocycles. The van der Waals surface area contributed by atoms with Crippen molar-refractivity contribution in [3.05, 3.63) is 78.9 Å². The van der Waals surface area contributed by atoms with Crippen molar-refractivity contribution in [3.63, 3.8) is 0 Å². The quantitative estimate of drug-likeness (QED) is 0.785. The van der Waals surface area contributed by atoms with E-state index in [1.807, 2.05) is 60.7 Å². The Morgan fingerprint density at radius 3 is 2.20 bits per heavy atom. The van der Waals surface area contributed by atoms with Gasteiger partial charge in [-0.25, -0.2) is 0 Å². The fourth-order valence-corrected chi connectivity index (χ4v) is 2.75. The summed E-state index contributed by atoms with van der Waals surface area (Å²) in [4.78, 5) is 12.4. The summed E-state index contributed by atoms with van der Waals surface area (Å²) in [7, 11) is 0. The maximum absolute atomic E-state index is 12.4. The normalized spacial score (nSPS) is 15.4. The fourth-order valence-electron chi connectivity index (χ4n) is 2.75. The number of carbonyl (C=O) groups is 1. The van der Waals surface area contributed by atoms with Gasteiger partial charge in [-0.2, -0.15) is 0 Å². The highest BCUT2D eigenvalue weighted by Crippen LogP contribution is 2.31. The Balaban J connectivity index is 1.43. The van der Waals surface area contributed by atoms with E-state index in [1.54, 1.807) is 6.07 Å². The molecular formula is C21H17NO3. The van der Waals surface area contributed by atoms with Crippen molar-refractivity contribution in [1.82, 2.24) is 0 Å². The van der Waals surface area contributed by atoms with Crippen molar-refractivity contribution in [2.75, 3.05) is 11.9 Å². The number of hydrogen-bond donors (Lipinski definition) is 1. The van der Waals surface area contributed by atoms with E-state index in [0.29, 0.717) is 11.5 Å². The zero-order chi connectivity index (χ0) is 17.1. The summed E-state index contributed by atoms with van der Waals surface area (Å²) in [6.45, 7) is 0.199. The molecule has 25 heavy (non-hydrogen) atoms. The van der Waals surface area contributed by atoms with Crippen LogP contribution in [-0.4, -0.2) is 18.6 Å². The molecule has 4 heteroatoms. The number of rotatable bonds is 3. The van der Waals surface area contributed by atoms with Gasteiger partial charge in [-0.3, -0.25) is 4.79 Å². The topological polar surface area (TPSA) is 47.6 Å². The highest BCUT2D eigenvalue weighted by atomic mass is 16.6. The summed E-state index contributed by atoms with van der Waals surface area (Å²) in [5.74, 6) is 1.04. The monoisotopic (exact) mass is 331 g/mol. The van der Waals surface area contributed by atoms with E-state index in [2.05, 4.69) is 17.4 Å². The van der Waals surface area contributed by atoms with Gasteiger partial charge >= 0.3 is 0 Å². The van der Waals surface area contributed by atoms with Crippen molar-refractivity contribution in [1.29, 1.82) is 0 Å². The number of anilines is 1. The van der Waals surface area contributed by atoms with E-state index in [0.717, 1.165) is 16.8 Å². The first-order valence-corrected chi connectivity index (χ1v) is 8.14. The van der Waals surface area contributed by atoms with Crippen LogP contribution in [0.1, 0.15) is 0 Å². The Morgan fingerprint density at radius 1 is 0.800 bits per heavy atom. The first-order valence-electron chi connectivity index (χ1n) is 8.14. The molecule has 0 bridgehead atoms. The van der Waals surface area contributed by atoms with Gasteiger partial charge in [0.05, 0.1) is 0 Å². The molecule has 0 aromatic heterocycles. The molecule has 0 saturated heterocycles. The third-order valence-corrected chi connectivity index (χ3v) is 4.06. The molecule has 1 heterocycles. The molecule has 0 unspecified atom stereocenters. The van der Waals surface area contributed by atoms with Crippen LogP contribution in [0.25, 0.3) is 11.1 Å². The summed E-state index contributed by atoms with van der Waals surface area (Å²) in [5, 5.41) is 2.88. The molecule has 1 aliphatic rings. The van der Waals surface area contributed by atoms with Crippen LogP contribution in [0, 0.1) is 0 Å². The van der Waals surface area contributed by atoms with E-state index < -0.39 is 6.10 Å². The van der Waals surface area contributed by atoms with Gasteiger partial charge in [0.25, 0.3) is 5.91 Å². The maximum Gasteiger partial charge on any atom is 0.269 e. The van der Waals surface area contributed by atoms with E-state index >= 15 is 0 Å². The van der Waals surface area contributed by atoms with Gasteiger partial charge in [-0.15, -0.1) is 0 Å². The number of para-hydroxylation sites is 2. The number of hydrogen-bond acceptors (Lipinski definition) is 3. The molecule has 0 aliphatic carbocycles. The maximum atomic E-state index is 12.4. The molecule has 1 aliphatic heterocycles. The lowest BCUT2D eigenvalue weighted by Gasteiger charge is -2.25. The lowest BCUT2D eigenvalue weighted by atomic mass is 10.1. The predicted molar refractivity (Wildman–Crippen MR) is 96.9 cm³/mol. The highest BCUT2D eigenvalue weighted by Gasteiger charge is 2.27. The molecule has 0 radical (unpaired) electrons. The van der Waals surface area contributed by atoms with Gasteiger partial charge in [0.2, 0.25) is 6.10 Å². The Bertz CT molecular complexity index is 875. The summed E-state index contributed by atoms with van der Waals surface area (Å²) >= 11 is 0. The Hall–Kier alpha value is -3.27. The number of benzene rings is 3. The second kappa shape index (κ2) is 6.69. The SMILES string of the molecule is O=C(Nc1ccc(-c2ccccc2)cc1)[C@H]1COc2ccccc2O1. The van der Waals surface area contributed by atoms with Crippen LogP contribution in [0.15, 0.2) is 78.9 Å². The Labute approximate surface area is 146 Å². The molecule has 3 aromatic rings. The third-order valence-electron chi connectivity index (χ3n) is 4.06. The van der Waals surface area contributed by atoms with Gasteiger partial charge in [-0.05, 0) is 35.4 Å². The summed E-state index contributed by atoms with van der Waals surface area (Å²) in [6.07, 6.45) is -0.663. The van der Waals surface area contributed by atoms with Crippen LogP contribution in [0.5, 0.6) is 11.5 Å². The molecule has 1 amide bonds. The first-order chi connectivity index (χ1) is 12.3. The van der Waals surface area contributed by atoms with Gasteiger partial charge in [0, 0.05) is 5.69 Å². The second-order valence-electron chi connectivity index (χ2n) is 5.80. The molecular weight excluding hydrogens is 314 g/mol. The number of carbonyl (C=O) groups excluding carboxylic acids is 1. The zero-order valence-corrected chi connectivity index (χ0v) is 13.5. The lowest BCUT2D eigenvalue weighted by Crippen LogP contribution is -2.40. The summed E-state index contributed by atoms with van der Waals surface area (Å²) in [5.41, 5.74) is 2.97. The first kappa shape index (κ1) is 15.3. The number of amides is 1. The van der Waals surface area contributed by atoms with E-state index in [1.165, 1.54) is 0 Å². The van der Waals surface area contributed by atoms with E-state index in [4.69, 9.17) is 9.47 Å². The van der Waals surface area contributed by atoms with Gasteiger partial charge in [0.15, 0.2) is 11.5 Å². The molecule has 0 spiro atoms. The fraction of sp³-hybridized carbons (Fsp3) is 0.0952. The van der Waals surface area contributed by atoms with Crippen molar-refractivity contribution in [2.45, 2.75) is 6.10 Å². The third kappa shape index (κ3) is 3.33. The van der Waals surface area contributed by atoms with Crippen molar-refractivity contribution < 1.29 is 14.3 Å². The lowest BCUT2D eigenvalue weighted by molar-refractivity contribution is -0.125. The van der Waals surface area contributed by atoms with Crippen molar-refractivity contribution in [3.8, 4) is 22.6 Å². The highest BCUT2D eigenvalue weighted by molar-refractivity contribution is 5.95.